The highest BCUT2D eigenvalue weighted by atomic mass is 19.4. The van der Waals surface area contributed by atoms with Crippen molar-refractivity contribution in [2.24, 2.45) is 5.10 Å². The summed E-state index contributed by atoms with van der Waals surface area (Å²) < 4.78 is 72.4. The van der Waals surface area contributed by atoms with Gasteiger partial charge in [-0.25, -0.2) is 9.82 Å². The number of likely N-dealkylation sites (N-methyl/N-ethyl adjacent to an activating group) is 1. The van der Waals surface area contributed by atoms with Gasteiger partial charge < -0.3 is 29.0 Å². The first kappa shape index (κ1) is 35.9. The summed E-state index contributed by atoms with van der Waals surface area (Å²) >= 11 is 0. The van der Waals surface area contributed by atoms with Gasteiger partial charge in [0.25, 0.3) is 5.91 Å². The maximum atomic E-state index is 13.6. The number of hydrogen-bond donors (Lipinski definition) is 2. The number of nitrogens with zero attached hydrogens (tertiary/aromatic N) is 3. The van der Waals surface area contributed by atoms with Gasteiger partial charge in [-0.2, -0.15) is 5.10 Å². The number of amides is 1. The number of benzene rings is 3. The summed E-state index contributed by atoms with van der Waals surface area (Å²) in [6.07, 6.45) is -3.41. The number of aromatic hydroxyl groups is 1. The summed E-state index contributed by atoms with van der Waals surface area (Å²) in [4.78, 5) is 16.7. The van der Waals surface area contributed by atoms with Gasteiger partial charge in [-0.15, -0.1) is 13.2 Å². The fourth-order valence-electron chi connectivity index (χ4n) is 4.42. The van der Waals surface area contributed by atoms with Gasteiger partial charge in [0.15, 0.2) is 23.1 Å². The number of methoxy groups -OCH3 is 2. The first-order valence-electron chi connectivity index (χ1n) is 14.5. The van der Waals surface area contributed by atoms with Crippen LogP contribution in [0.1, 0.15) is 35.3 Å². The molecule has 0 aromatic heterocycles. The Labute approximate surface area is 265 Å². The van der Waals surface area contributed by atoms with E-state index in [1.807, 2.05) is 0 Å². The second-order valence-corrected chi connectivity index (χ2v) is 9.96. The zero-order chi connectivity index (χ0) is 33.7. The Kier molecular flexibility index (Phi) is 13.4. The van der Waals surface area contributed by atoms with Gasteiger partial charge in [-0.05, 0) is 61.1 Å². The van der Waals surface area contributed by atoms with E-state index in [-0.39, 0.29) is 17.9 Å². The third-order valence-electron chi connectivity index (χ3n) is 6.92. The topological polar surface area (TPSA) is 105 Å². The number of hydrazone groups is 1. The van der Waals surface area contributed by atoms with Crippen LogP contribution in [0.5, 0.6) is 28.7 Å². The molecule has 0 heterocycles. The molecule has 0 spiro atoms. The molecule has 0 aliphatic heterocycles. The number of hydrogen-bond acceptors (Lipinski definition) is 9. The molecular weight excluding hydrogens is 612 g/mol. The Morgan fingerprint density at radius 1 is 0.935 bits per heavy atom. The van der Waals surface area contributed by atoms with Crippen LogP contribution in [0.3, 0.4) is 0 Å². The predicted octanol–water partition coefficient (Wildman–Crippen LogP) is 5.43. The molecule has 10 nitrogen and oxygen atoms in total. The summed E-state index contributed by atoms with van der Waals surface area (Å²) in [5.41, 5.74) is 3.60. The average molecular weight is 651 g/mol. The van der Waals surface area contributed by atoms with Crippen molar-refractivity contribution in [2.45, 2.75) is 26.8 Å². The fourth-order valence-corrected chi connectivity index (χ4v) is 4.42. The maximum absolute atomic E-state index is 13.6. The van der Waals surface area contributed by atoms with Crippen molar-refractivity contribution in [2.75, 3.05) is 53.6 Å². The molecule has 1 amide bonds. The lowest BCUT2D eigenvalue weighted by Gasteiger charge is -2.27. The molecule has 0 aliphatic rings. The molecule has 0 bridgehead atoms. The van der Waals surface area contributed by atoms with E-state index in [1.165, 1.54) is 38.6 Å². The minimum absolute atomic E-state index is 0.0232. The van der Waals surface area contributed by atoms with Crippen molar-refractivity contribution < 1.29 is 46.4 Å². The standard InChI is InChI=1S/C32H38F4N4O6/c1-5-39(6-2)13-14-40(21-22-7-10-25(11-8-22)46-32(34,35)36)15-16-45-30-28(43-3)17-23(18-29(30)44-4)20-37-38-31(42)24-9-12-27(41)26(33)19-24/h7-12,17-20,41H,5-6,13-16,21H2,1-4H3,(H,38,42)/b37-20+. The first-order valence-corrected chi connectivity index (χ1v) is 14.5. The molecule has 3 rings (SSSR count). The van der Waals surface area contributed by atoms with E-state index < -0.39 is 23.8 Å². The second kappa shape index (κ2) is 17.2. The Bertz CT molecular complexity index is 1420. The van der Waals surface area contributed by atoms with Crippen LogP contribution in [-0.2, 0) is 6.54 Å². The zero-order valence-corrected chi connectivity index (χ0v) is 26.1. The van der Waals surface area contributed by atoms with Gasteiger partial charge in [0.1, 0.15) is 12.4 Å². The van der Waals surface area contributed by atoms with E-state index in [0.717, 1.165) is 37.3 Å². The normalized spacial score (nSPS) is 11.7. The average Bonchev–Trinajstić information content (AvgIpc) is 3.02. The molecule has 14 heteroatoms. The molecule has 3 aromatic carbocycles. The van der Waals surface area contributed by atoms with Crippen LogP contribution in [-0.4, -0.2) is 86.9 Å². The summed E-state index contributed by atoms with van der Waals surface area (Å²) in [5, 5.41) is 13.2. The Morgan fingerprint density at radius 2 is 1.57 bits per heavy atom. The lowest BCUT2D eigenvalue weighted by molar-refractivity contribution is -0.274. The molecule has 250 valence electrons. The van der Waals surface area contributed by atoms with Gasteiger partial charge in [0, 0.05) is 37.3 Å². The molecule has 0 atom stereocenters. The van der Waals surface area contributed by atoms with Crippen molar-refractivity contribution in [3.63, 3.8) is 0 Å². The SMILES string of the molecule is CCN(CC)CCN(CCOc1c(OC)cc(/C=N/NC(=O)c2ccc(O)c(F)c2)cc1OC)Cc1ccc(OC(F)(F)F)cc1. The molecule has 2 N–H and O–H groups in total. The summed E-state index contributed by atoms with van der Waals surface area (Å²) in [6.45, 7) is 8.61. The molecule has 0 saturated carbocycles. The van der Waals surface area contributed by atoms with E-state index >= 15 is 0 Å². The molecule has 46 heavy (non-hydrogen) atoms. The second-order valence-electron chi connectivity index (χ2n) is 9.96. The van der Waals surface area contributed by atoms with E-state index in [9.17, 15) is 27.5 Å². The van der Waals surface area contributed by atoms with Crippen LogP contribution in [0.2, 0.25) is 0 Å². The minimum atomic E-state index is -4.76. The van der Waals surface area contributed by atoms with Crippen LogP contribution in [0.4, 0.5) is 17.6 Å². The quantitative estimate of drug-likeness (QED) is 0.113. The van der Waals surface area contributed by atoms with Crippen LogP contribution in [0.25, 0.3) is 0 Å². The zero-order valence-electron chi connectivity index (χ0n) is 26.1. The van der Waals surface area contributed by atoms with Crippen LogP contribution < -0.4 is 24.4 Å². The van der Waals surface area contributed by atoms with Gasteiger partial charge in [-0.1, -0.05) is 26.0 Å². The number of carbonyl (C=O) groups is 1. The number of carbonyl (C=O) groups excluding carboxylic acids is 1. The Balaban J connectivity index is 1.68. The lowest BCUT2D eigenvalue weighted by atomic mass is 10.2. The Hall–Kier alpha value is -4.56. The summed E-state index contributed by atoms with van der Waals surface area (Å²) in [6, 6.07) is 12.3. The largest absolute Gasteiger partial charge is 0.573 e. The predicted molar refractivity (Wildman–Crippen MR) is 164 cm³/mol. The molecule has 3 aromatic rings. The van der Waals surface area contributed by atoms with Crippen molar-refractivity contribution in [3.05, 3.63) is 77.1 Å². The highest BCUT2D eigenvalue weighted by Gasteiger charge is 2.31. The maximum Gasteiger partial charge on any atom is 0.573 e. The third-order valence-corrected chi connectivity index (χ3v) is 6.92. The fraction of sp³-hybridized carbons (Fsp3) is 0.375. The summed E-state index contributed by atoms with van der Waals surface area (Å²) in [7, 11) is 2.93. The number of ether oxygens (including phenoxy) is 4. The van der Waals surface area contributed by atoms with E-state index in [4.69, 9.17) is 14.2 Å². The molecule has 0 fully saturated rings. The number of phenolic OH excluding ortho intramolecular Hbond substituents is 1. The molecule has 0 aliphatic carbocycles. The molecular formula is C32H38F4N4O6. The number of alkyl halides is 3. The van der Waals surface area contributed by atoms with Crippen LogP contribution >= 0.6 is 0 Å². The van der Waals surface area contributed by atoms with Crippen molar-refractivity contribution in [1.29, 1.82) is 0 Å². The van der Waals surface area contributed by atoms with Gasteiger partial charge >= 0.3 is 6.36 Å². The lowest BCUT2D eigenvalue weighted by Crippen LogP contribution is -2.36. The van der Waals surface area contributed by atoms with Crippen molar-refractivity contribution in [1.82, 2.24) is 15.2 Å². The van der Waals surface area contributed by atoms with Crippen molar-refractivity contribution >= 4 is 12.1 Å². The number of halogens is 4. The number of rotatable bonds is 17. The van der Waals surface area contributed by atoms with Crippen LogP contribution in [0.15, 0.2) is 59.7 Å². The van der Waals surface area contributed by atoms with E-state index in [1.54, 1.807) is 24.3 Å². The van der Waals surface area contributed by atoms with Gasteiger partial charge in [0.05, 0.1) is 20.4 Å². The first-order chi connectivity index (χ1) is 22.0. The minimum Gasteiger partial charge on any atom is -0.505 e. The number of phenols is 1. The molecule has 0 saturated heterocycles. The van der Waals surface area contributed by atoms with E-state index in [2.05, 4.69) is 38.9 Å². The highest BCUT2D eigenvalue weighted by Crippen LogP contribution is 2.38. The smallest absolute Gasteiger partial charge is 0.505 e. The highest BCUT2D eigenvalue weighted by molar-refractivity contribution is 5.95. The molecule has 0 radical (unpaired) electrons. The Morgan fingerprint density at radius 3 is 2.13 bits per heavy atom. The van der Waals surface area contributed by atoms with Crippen LogP contribution in [0, 0.1) is 5.82 Å². The van der Waals surface area contributed by atoms with Gasteiger partial charge in [-0.3, -0.25) is 9.69 Å². The summed E-state index contributed by atoms with van der Waals surface area (Å²) in [5.74, 6) is -1.40. The van der Waals surface area contributed by atoms with E-state index in [0.29, 0.717) is 42.4 Å². The third kappa shape index (κ3) is 11.1. The van der Waals surface area contributed by atoms with Crippen molar-refractivity contribution in [3.8, 4) is 28.7 Å². The molecule has 0 unspecified atom stereocenters. The van der Waals surface area contributed by atoms with Gasteiger partial charge in [0.2, 0.25) is 5.75 Å². The number of nitrogens with one attached hydrogen (secondary N) is 1. The monoisotopic (exact) mass is 650 g/mol.